The summed E-state index contributed by atoms with van der Waals surface area (Å²) in [4.78, 5) is 43.5. The molecule has 0 bridgehead atoms. The number of rotatable bonds is 12. The van der Waals surface area contributed by atoms with Gasteiger partial charge in [0.05, 0.1) is 6.42 Å². The second-order valence-electron chi connectivity index (χ2n) is 12.1. The maximum Gasteiger partial charge on any atom is 0.323 e. The van der Waals surface area contributed by atoms with Crippen LogP contribution in [0.4, 0.5) is 5.69 Å². The number of nitrogens with zero attached hydrogens (tertiary/aromatic N) is 3. The van der Waals surface area contributed by atoms with Gasteiger partial charge in [0.15, 0.2) is 0 Å². The van der Waals surface area contributed by atoms with E-state index in [0.29, 0.717) is 28.5 Å². The number of carboxylic acid groups (broad SMARTS) is 1. The Morgan fingerprint density at radius 3 is 2.02 bits per heavy atom. The Balaban J connectivity index is 1.08. The molecule has 0 aliphatic heterocycles. The molecule has 5 aromatic carbocycles. The molecule has 0 aliphatic rings. The van der Waals surface area contributed by atoms with Crippen LogP contribution < -0.4 is 5.32 Å². The van der Waals surface area contributed by atoms with Crippen LogP contribution in [0.5, 0.6) is 0 Å². The van der Waals surface area contributed by atoms with Crippen molar-refractivity contribution in [2.45, 2.75) is 33.2 Å². The van der Waals surface area contributed by atoms with E-state index < -0.39 is 18.4 Å². The number of nitrogens with one attached hydrogen (secondary N) is 1. The first-order valence-electron chi connectivity index (χ1n) is 16.3. The van der Waals surface area contributed by atoms with Crippen molar-refractivity contribution in [3.05, 3.63) is 149 Å². The Morgan fingerprint density at radius 1 is 0.740 bits per heavy atom. The highest BCUT2D eigenvalue weighted by Crippen LogP contribution is 2.27. The molecular formula is C41H36N4O5. The number of carbonyl (C=O) groups excluding carboxylic acids is 2. The second kappa shape index (κ2) is 15.3. The standard InChI is InChI=1S/C41H36N4O5/c1-3-28-5-4-6-30(23-28)24-37(46)42-36-21-19-35(20-22-36)41(49)45(26-38(47)48)25-29-9-13-33(14-10-29)39-43-40(50-44-39)34-17-15-32(16-18-34)31-11-7-27(2)8-12-31/h4-23H,3,24-26H2,1-2H3,(H,42,46)(H,47,48). The molecular weight excluding hydrogens is 628 g/mol. The molecule has 1 heterocycles. The molecule has 6 rings (SSSR count). The van der Waals surface area contributed by atoms with E-state index in [0.717, 1.165) is 39.8 Å². The van der Waals surface area contributed by atoms with E-state index in [9.17, 15) is 19.5 Å². The van der Waals surface area contributed by atoms with Gasteiger partial charge in [0.2, 0.25) is 11.7 Å². The minimum absolute atomic E-state index is 0.0750. The van der Waals surface area contributed by atoms with Crippen LogP contribution in [0.3, 0.4) is 0 Å². The Labute approximate surface area is 290 Å². The number of aryl methyl sites for hydroxylation is 2. The summed E-state index contributed by atoms with van der Waals surface area (Å²) in [5, 5.41) is 16.6. The SMILES string of the molecule is CCc1cccc(CC(=O)Nc2ccc(C(=O)N(CC(=O)O)Cc3ccc(-c4noc(-c5ccc(-c6ccc(C)cc6)cc5)n4)cc3)cc2)c1. The quantitative estimate of drug-likeness (QED) is 0.136. The smallest absolute Gasteiger partial charge is 0.323 e. The first-order chi connectivity index (χ1) is 24.2. The van der Waals surface area contributed by atoms with Gasteiger partial charge < -0.3 is 19.8 Å². The van der Waals surface area contributed by atoms with Gasteiger partial charge in [0.25, 0.3) is 11.8 Å². The van der Waals surface area contributed by atoms with Crippen LogP contribution >= 0.6 is 0 Å². The third-order valence-corrected chi connectivity index (χ3v) is 8.32. The predicted octanol–water partition coefficient (Wildman–Crippen LogP) is 7.85. The molecule has 6 aromatic rings. The molecule has 0 atom stereocenters. The number of hydrogen-bond acceptors (Lipinski definition) is 6. The molecule has 0 unspecified atom stereocenters. The second-order valence-corrected chi connectivity index (χ2v) is 12.1. The molecule has 250 valence electrons. The predicted molar refractivity (Wildman–Crippen MR) is 192 cm³/mol. The van der Waals surface area contributed by atoms with Crippen LogP contribution in [0.1, 0.15) is 39.5 Å². The Kier molecular flexibility index (Phi) is 10.2. The van der Waals surface area contributed by atoms with Crippen molar-refractivity contribution >= 4 is 23.5 Å². The fourth-order valence-electron chi connectivity index (χ4n) is 5.58. The first kappa shape index (κ1) is 33.5. The van der Waals surface area contributed by atoms with Crippen LogP contribution in [-0.4, -0.2) is 44.5 Å². The van der Waals surface area contributed by atoms with Gasteiger partial charge in [-0.2, -0.15) is 4.98 Å². The monoisotopic (exact) mass is 664 g/mol. The van der Waals surface area contributed by atoms with Gasteiger partial charge in [-0.1, -0.05) is 103 Å². The van der Waals surface area contributed by atoms with Crippen molar-refractivity contribution in [3.8, 4) is 34.0 Å². The summed E-state index contributed by atoms with van der Waals surface area (Å²) in [6.45, 7) is 3.72. The summed E-state index contributed by atoms with van der Waals surface area (Å²) in [6, 6.07) is 37.8. The molecule has 2 N–H and O–H groups in total. The van der Waals surface area contributed by atoms with E-state index in [2.05, 4.69) is 53.6 Å². The van der Waals surface area contributed by atoms with Gasteiger partial charge in [-0.25, -0.2) is 0 Å². The molecule has 9 heteroatoms. The number of aromatic nitrogens is 2. The van der Waals surface area contributed by atoms with Crippen molar-refractivity contribution in [2.75, 3.05) is 11.9 Å². The van der Waals surface area contributed by atoms with Gasteiger partial charge in [0.1, 0.15) is 6.54 Å². The molecule has 50 heavy (non-hydrogen) atoms. The van der Waals surface area contributed by atoms with Crippen molar-refractivity contribution < 1.29 is 24.0 Å². The molecule has 2 amide bonds. The van der Waals surface area contributed by atoms with Crippen LogP contribution in [-0.2, 0) is 29.0 Å². The number of hydrogen-bond donors (Lipinski definition) is 2. The number of carboxylic acids is 1. The highest BCUT2D eigenvalue weighted by molar-refractivity contribution is 5.97. The topological polar surface area (TPSA) is 126 Å². The third-order valence-electron chi connectivity index (χ3n) is 8.32. The minimum Gasteiger partial charge on any atom is -0.480 e. The van der Waals surface area contributed by atoms with Crippen LogP contribution in [0, 0.1) is 6.92 Å². The van der Waals surface area contributed by atoms with E-state index >= 15 is 0 Å². The van der Waals surface area contributed by atoms with E-state index in [1.54, 1.807) is 36.4 Å². The number of anilines is 1. The molecule has 0 spiro atoms. The lowest BCUT2D eigenvalue weighted by atomic mass is 10.0. The number of carbonyl (C=O) groups is 3. The van der Waals surface area contributed by atoms with Crippen LogP contribution in [0.15, 0.2) is 126 Å². The molecule has 0 radical (unpaired) electrons. The fraction of sp³-hybridized carbons (Fsp3) is 0.146. The molecule has 9 nitrogen and oxygen atoms in total. The number of amides is 2. The molecule has 0 saturated heterocycles. The van der Waals surface area contributed by atoms with E-state index in [4.69, 9.17) is 4.52 Å². The number of aliphatic carboxylic acids is 1. The van der Waals surface area contributed by atoms with Crippen molar-refractivity contribution in [1.29, 1.82) is 0 Å². The molecule has 1 aromatic heterocycles. The third kappa shape index (κ3) is 8.38. The highest BCUT2D eigenvalue weighted by Gasteiger charge is 2.20. The van der Waals surface area contributed by atoms with Crippen molar-refractivity contribution in [2.24, 2.45) is 0 Å². The molecule has 0 saturated carbocycles. The Hall–Kier alpha value is -6.35. The van der Waals surface area contributed by atoms with E-state index in [1.165, 1.54) is 10.5 Å². The lowest BCUT2D eigenvalue weighted by molar-refractivity contribution is -0.137. The van der Waals surface area contributed by atoms with Crippen LogP contribution in [0.25, 0.3) is 34.0 Å². The zero-order valence-electron chi connectivity index (χ0n) is 27.8. The molecule has 0 fully saturated rings. The van der Waals surface area contributed by atoms with Gasteiger partial charge >= 0.3 is 5.97 Å². The first-order valence-corrected chi connectivity index (χ1v) is 16.3. The van der Waals surface area contributed by atoms with E-state index in [-0.39, 0.29) is 18.9 Å². The average Bonchev–Trinajstić information content (AvgIpc) is 3.62. The summed E-state index contributed by atoms with van der Waals surface area (Å²) in [5.41, 5.74) is 8.60. The van der Waals surface area contributed by atoms with Crippen molar-refractivity contribution in [1.82, 2.24) is 15.0 Å². The maximum atomic E-state index is 13.4. The summed E-state index contributed by atoms with van der Waals surface area (Å²) in [7, 11) is 0. The highest BCUT2D eigenvalue weighted by atomic mass is 16.5. The largest absolute Gasteiger partial charge is 0.480 e. The Morgan fingerprint density at radius 2 is 1.36 bits per heavy atom. The zero-order chi connectivity index (χ0) is 35.0. The van der Waals surface area contributed by atoms with E-state index in [1.807, 2.05) is 60.7 Å². The average molecular weight is 665 g/mol. The lowest BCUT2D eigenvalue weighted by Crippen LogP contribution is -2.35. The van der Waals surface area contributed by atoms with Gasteiger partial charge in [0, 0.05) is 28.9 Å². The number of benzene rings is 5. The fourth-order valence-corrected chi connectivity index (χ4v) is 5.58. The van der Waals surface area contributed by atoms with Crippen LogP contribution in [0.2, 0.25) is 0 Å². The molecule has 0 aliphatic carbocycles. The van der Waals surface area contributed by atoms with Crippen molar-refractivity contribution in [3.63, 3.8) is 0 Å². The Bertz CT molecular complexity index is 2100. The minimum atomic E-state index is -1.13. The normalized spacial score (nSPS) is 10.8. The summed E-state index contributed by atoms with van der Waals surface area (Å²) < 4.78 is 5.55. The maximum absolute atomic E-state index is 13.4. The van der Waals surface area contributed by atoms with Gasteiger partial charge in [-0.15, -0.1) is 0 Å². The summed E-state index contributed by atoms with van der Waals surface area (Å²) in [6.07, 6.45) is 1.12. The van der Waals surface area contributed by atoms with Gasteiger partial charge in [-0.05, 0) is 77.6 Å². The van der Waals surface area contributed by atoms with Gasteiger partial charge in [-0.3, -0.25) is 14.4 Å². The summed E-state index contributed by atoms with van der Waals surface area (Å²) >= 11 is 0. The zero-order valence-corrected chi connectivity index (χ0v) is 27.8. The lowest BCUT2D eigenvalue weighted by Gasteiger charge is -2.21. The summed E-state index contributed by atoms with van der Waals surface area (Å²) in [5.74, 6) is -0.934.